The van der Waals surface area contributed by atoms with Crippen LogP contribution < -0.4 is 16.0 Å². The Hall–Kier alpha value is -2.72. The van der Waals surface area contributed by atoms with Gasteiger partial charge in [0.25, 0.3) is 0 Å². The number of nitrogens with two attached hydrogens (primary N) is 1. The third-order valence-electron chi connectivity index (χ3n) is 6.05. The molecule has 2 aromatic rings. The van der Waals surface area contributed by atoms with Gasteiger partial charge in [-0.25, -0.2) is 18.4 Å². The highest BCUT2D eigenvalue weighted by molar-refractivity contribution is 7.92. The van der Waals surface area contributed by atoms with Gasteiger partial charge in [-0.2, -0.15) is 0 Å². The van der Waals surface area contributed by atoms with E-state index in [4.69, 9.17) is 20.4 Å². The molecule has 0 bridgehead atoms. The summed E-state index contributed by atoms with van der Waals surface area (Å²) in [4.78, 5) is 22.8. The molecule has 9 nitrogen and oxygen atoms in total. The van der Waals surface area contributed by atoms with Gasteiger partial charge in [0.15, 0.2) is 15.7 Å². The minimum Gasteiger partial charge on any atom is -0.399 e. The lowest BCUT2D eigenvalue weighted by atomic mass is 10.1. The molecule has 1 aliphatic heterocycles. The molecule has 0 spiro atoms. The number of morpholine rings is 1. The molecule has 2 fully saturated rings. The van der Waals surface area contributed by atoms with Gasteiger partial charge in [0.05, 0.1) is 30.7 Å². The summed E-state index contributed by atoms with van der Waals surface area (Å²) in [6.07, 6.45) is 1.01. The summed E-state index contributed by atoms with van der Waals surface area (Å²) in [5.74, 6) is 0.790. The van der Waals surface area contributed by atoms with Crippen molar-refractivity contribution >= 4 is 27.2 Å². The van der Waals surface area contributed by atoms with Gasteiger partial charge in [-0.15, -0.1) is 0 Å². The number of carbonyl (C=O) groups is 1. The number of sulfone groups is 1. The second kappa shape index (κ2) is 8.67. The molecule has 172 valence electrons. The lowest BCUT2D eigenvalue weighted by molar-refractivity contribution is -0.118. The Morgan fingerprint density at radius 3 is 2.62 bits per heavy atom. The highest BCUT2D eigenvalue weighted by Crippen LogP contribution is 2.53. The van der Waals surface area contributed by atoms with E-state index in [1.165, 1.54) is 6.92 Å². The monoisotopic (exact) mass is 459 g/mol. The molecule has 1 aromatic heterocycles. The van der Waals surface area contributed by atoms with Gasteiger partial charge < -0.3 is 20.7 Å². The first-order valence-electron chi connectivity index (χ1n) is 10.8. The molecule has 1 amide bonds. The third kappa shape index (κ3) is 4.42. The Labute approximate surface area is 188 Å². The second-order valence-corrected chi connectivity index (χ2v) is 10.9. The van der Waals surface area contributed by atoms with E-state index in [-0.39, 0.29) is 24.2 Å². The van der Waals surface area contributed by atoms with Gasteiger partial charge in [0.1, 0.15) is 10.6 Å². The molecular formula is C22H29N5O4S. The topological polar surface area (TPSA) is 128 Å². The predicted octanol–water partition coefficient (Wildman–Crippen LogP) is 1.49. The van der Waals surface area contributed by atoms with Crippen LogP contribution in [0, 0.1) is 0 Å². The number of amides is 1. The summed E-state index contributed by atoms with van der Waals surface area (Å²) in [7, 11) is -3.53. The van der Waals surface area contributed by atoms with Crippen LogP contribution in [-0.4, -0.2) is 62.4 Å². The number of rotatable bonds is 7. The first kappa shape index (κ1) is 22.5. The Morgan fingerprint density at radius 2 is 2.00 bits per heavy atom. The van der Waals surface area contributed by atoms with E-state index in [0.717, 1.165) is 5.56 Å². The standard InChI is InChI=1S/C22H29N5O4S/c1-15-14-31-11-10-27(15)20-13-19(25-21(26-20)17-3-5-18(23)6-4-17)22(7-8-22)32(29,30)12-9-24-16(2)28/h3-6,13,15H,7-12,14,23H2,1-2H3,(H,24,28)/t15-/m0/s1. The summed E-state index contributed by atoms with van der Waals surface area (Å²) >= 11 is 0. The van der Waals surface area contributed by atoms with E-state index in [9.17, 15) is 13.2 Å². The molecule has 32 heavy (non-hydrogen) atoms. The molecular weight excluding hydrogens is 430 g/mol. The minimum atomic E-state index is -3.53. The summed E-state index contributed by atoms with van der Waals surface area (Å²) in [6.45, 7) is 5.35. The van der Waals surface area contributed by atoms with Gasteiger partial charge in [0, 0.05) is 37.3 Å². The second-order valence-electron chi connectivity index (χ2n) is 8.47. The van der Waals surface area contributed by atoms with Gasteiger partial charge in [-0.1, -0.05) is 0 Å². The molecule has 1 atom stereocenters. The van der Waals surface area contributed by atoms with Crippen molar-refractivity contribution in [3.05, 3.63) is 36.0 Å². The van der Waals surface area contributed by atoms with E-state index in [0.29, 0.717) is 55.6 Å². The summed E-state index contributed by atoms with van der Waals surface area (Å²) < 4.78 is 31.1. The van der Waals surface area contributed by atoms with Gasteiger partial charge in [-0.05, 0) is 44.0 Å². The van der Waals surface area contributed by atoms with Crippen LogP contribution in [0.3, 0.4) is 0 Å². The average molecular weight is 460 g/mol. The zero-order valence-corrected chi connectivity index (χ0v) is 19.2. The molecule has 0 unspecified atom stereocenters. The van der Waals surface area contributed by atoms with Crippen LogP contribution in [0.2, 0.25) is 0 Å². The summed E-state index contributed by atoms with van der Waals surface area (Å²) in [5.41, 5.74) is 7.75. The fraction of sp³-hybridized carbons (Fsp3) is 0.500. The average Bonchev–Trinajstić information content (AvgIpc) is 3.57. The van der Waals surface area contributed by atoms with Crippen molar-refractivity contribution in [3.63, 3.8) is 0 Å². The smallest absolute Gasteiger partial charge is 0.216 e. The van der Waals surface area contributed by atoms with E-state index in [1.54, 1.807) is 12.1 Å². The van der Waals surface area contributed by atoms with Crippen LogP contribution in [0.4, 0.5) is 11.5 Å². The van der Waals surface area contributed by atoms with Crippen molar-refractivity contribution in [2.75, 3.05) is 42.7 Å². The number of carbonyl (C=O) groups excluding carboxylic acids is 1. The van der Waals surface area contributed by atoms with Crippen molar-refractivity contribution < 1.29 is 17.9 Å². The molecule has 2 aliphatic rings. The fourth-order valence-corrected chi connectivity index (χ4v) is 5.95. The Balaban J connectivity index is 1.75. The predicted molar refractivity (Wildman–Crippen MR) is 123 cm³/mol. The van der Waals surface area contributed by atoms with E-state index < -0.39 is 14.6 Å². The first-order chi connectivity index (χ1) is 15.2. The van der Waals surface area contributed by atoms with Gasteiger partial charge in [0.2, 0.25) is 5.91 Å². The van der Waals surface area contributed by atoms with Crippen LogP contribution in [0.15, 0.2) is 30.3 Å². The number of aromatic nitrogens is 2. The van der Waals surface area contributed by atoms with Gasteiger partial charge in [-0.3, -0.25) is 4.79 Å². The van der Waals surface area contributed by atoms with Crippen LogP contribution >= 0.6 is 0 Å². The molecule has 0 radical (unpaired) electrons. The van der Waals surface area contributed by atoms with Crippen LogP contribution in [0.25, 0.3) is 11.4 Å². The molecule has 10 heteroatoms. The molecule has 1 aromatic carbocycles. The van der Waals surface area contributed by atoms with E-state index in [2.05, 4.69) is 17.1 Å². The van der Waals surface area contributed by atoms with Crippen molar-refractivity contribution in [2.45, 2.75) is 37.5 Å². The first-order valence-corrected chi connectivity index (χ1v) is 12.4. The van der Waals surface area contributed by atoms with Crippen molar-refractivity contribution in [2.24, 2.45) is 0 Å². The largest absolute Gasteiger partial charge is 0.399 e. The number of nitrogens with one attached hydrogen (secondary N) is 1. The van der Waals surface area contributed by atoms with E-state index in [1.807, 2.05) is 18.2 Å². The molecule has 1 saturated carbocycles. The van der Waals surface area contributed by atoms with Crippen molar-refractivity contribution in [1.82, 2.24) is 15.3 Å². The molecule has 1 aliphatic carbocycles. The lowest BCUT2D eigenvalue weighted by Gasteiger charge is -2.34. The molecule has 4 rings (SSSR count). The fourth-order valence-electron chi connectivity index (χ4n) is 4.04. The molecule has 3 N–H and O–H groups in total. The SMILES string of the molecule is CC(=O)NCCS(=O)(=O)C1(c2cc(N3CCOC[C@@H]3C)nc(-c3ccc(N)cc3)n2)CC1. The third-order valence-corrected chi connectivity index (χ3v) is 8.60. The number of ether oxygens (including phenoxy) is 1. The quantitative estimate of drug-likeness (QED) is 0.596. The Bertz CT molecular complexity index is 1100. The Morgan fingerprint density at radius 1 is 1.28 bits per heavy atom. The van der Waals surface area contributed by atoms with E-state index >= 15 is 0 Å². The minimum absolute atomic E-state index is 0.0860. The maximum absolute atomic E-state index is 13.3. The number of anilines is 2. The molecule has 2 heterocycles. The van der Waals surface area contributed by atoms with Crippen LogP contribution in [0.1, 0.15) is 32.4 Å². The maximum Gasteiger partial charge on any atom is 0.216 e. The van der Waals surface area contributed by atoms with Gasteiger partial charge >= 0.3 is 0 Å². The highest BCUT2D eigenvalue weighted by atomic mass is 32.2. The number of nitrogens with zero attached hydrogens (tertiary/aromatic N) is 3. The number of hydrogen-bond donors (Lipinski definition) is 2. The number of nitrogen functional groups attached to an aromatic ring is 1. The number of benzene rings is 1. The van der Waals surface area contributed by atoms with Crippen molar-refractivity contribution in [1.29, 1.82) is 0 Å². The maximum atomic E-state index is 13.3. The van der Waals surface area contributed by atoms with Crippen molar-refractivity contribution in [3.8, 4) is 11.4 Å². The summed E-state index contributed by atoms with van der Waals surface area (Å²) in [5, 5.41) is 2.58. The normalized spacial score (nSPS) is 20.1. The number of hydrogen-bond acceptors (Lipinski definition) is 8. The summed E-state index contributed by atoms with van der Waals surface area (Å²) in [6, 6.07) is 9.15. The Kier molecular flexibility index (Phi) is 6.09. The zero-order valence-electron chi connectivity index (χ0n) is 18.4. The lowest BCUT2D eigenvalue weighted by Crippen LogP contribution is -2.44. The van der Waals surface area contributed by atoms with Crippen LogP contribution in [0.5, 0.6) is 0 Å². The highest BCUT2D eigenvalue weighted by Gasteiger charge is 2.57. The van der Waals surface area contributed by atoms with Crippen LogP contribution in [-0.2, 0) is 24.1 Å². The molecule has 1 saturated heterocycles. The zero-order chi connectivity index (χ0) is 22.9.